The van der Waals surface area contributed by atoms with Gasteiger partial charge in [0.15, 0.2) is 5.96 Å². The van der Waals surface area contributed by atoms with E-state index in [1.807, 2.05) is 12.4 Å². The second kappa shape index (κ2) is 15.2. The van der Waals surface area contributed by atoms with Gasteiger partial charge < -0.3 is 20.1 Å². The monoisotopic (exact) mass is 676 g/mol. The number of piperidine rings is 2. The third-order valence-electron chi connectivity index (χ3n) is 11.6. The molecule has 2 N–H and O–H groups in total. The maximum Gasteiger partial charge on any atom is 0.232 e. The zero-order valence-electron chi connectivity index (χ0n) is 31.7. The van der Waals surface area contributed by atoms with Gasteiger partial charge >= 0.3 is 0 Å². The van der Waals surface area contributed by atoms with Crippen LogP contribution in [0.25, 0.3) is 16.5 Å². The molecule has 50 heavy (non-hydrogen) atoms. The molecule has 3 aliphatic heterocycles. The molecule has 0 radical (unpaired) electrons. The number of allylic oxidation sites excluding steroid dienone is 3. The molecule has 7 heteroatoms. The van der Waals surface area contributed by atoms with Gasteiger partial charge in [0.1, 0.15) is 0 Å². The number of aromatic amines is 1. The molecule has 4 fully saturated rings. The van der Waals surface area contributed by atoms with Crippen LogP contribution in [0.15, 0.2) is 66.1 Å². The number of aliphatic imine (C=N–C) groups is 1. The van der Waals surface area contributed by atoms with Crippen LogP contribution < -0.4 is 5.32 Å². The Morgan fingerprint density at radius 2 is 1.84 bits per heavy atom. The number of aromatic nitrogens is 2. The second-order valence-electron chi connectivity index (χ2n) is 16.3. The van der Waals surface area contributed by atoms with Crippen molar-refractivity contribution < 1.29 is 4.79 Å². The van der Waals surface area contributed by atoms with Crippen molar-refractivity contribution in [1.82, 2.24) is 25.1 Å². The van der Waals surface area contributed by atoms with Crippen molar-refractivity contribution in [3.8, 4) is 0 Å². The first-order chi connectivity index (χ1) is 24.0. The highest BCUT2D eigenvalue weighted by Gasteiger charge is 2.42. The highest BCUT2D eigenvalue weighted by molar-refractivity contribution is 5.93. The minimum Gasteiger partial charge on any atom is -0.355 e. The van der Waals surface area contributed by atoms with E-state index in [1.54, 1.807) is 0 Å². The molecule has 1 unspecified atom stereocenters. The summed E-state index contributed by atoms with van der Waals surface area (Å²) in [6, 6.07) is 11.3. The van der Waals surface area contributed by atoms with Crippen LogP contribution in [-0.4, -0.2) is 63.9 Å². The van der Waals surface area contributed by atoms with Gasteiger partial charge in [-0.2, -0.15) is 0 Å². The first-order valence-corrected chi connectivity index (χ1v) is 19.2. The molecule has 1 amide bonds. The summed E-state index contributed by atoms with van der Waals surface area (Å²) in [5, 5.41) is 4.85. The van der Waals surface area contributed by atoms with Crippen LogP contribution in [0.3, 0.4) is 0 Å². The van der Waals surface area contributed by atoms with E-state index in [2.05, 4.69) is 117 Å². The molecule has 2 atom stereocenters. The summed E-state index contributed by atoms with van der Waals surface area (Å²) < 4.78 is 0. The Morgan fingerprint density at radius 3 is 2.50 bits per heavy atom. The predicted molar refractivity (Wildman–Crippen MR) is 208 cm³/mol. The average molecular weight is 677 g/mol. The quantitative estimate of drug-likeness (QED) is 0.157. The Hall–Kier alpha value is -3.87. The molecular formula is C43H60N6O. The maximum atomic E-state index is 14.2. The summed E-state index contributed by atoms with van der Waals surface area (Å²) in [7, 11) is 0. The molecule has 1 aliphatic carbocycles. The predicted octanol–water partition coefficient (Wildman–Crippen LogP) is 9.15. The van der Waals surface area contributed by atoms with Crippen molar-refractivity contribution >= 4 is 28.3 Å². The average Bonchev–Trinajstić information content (AvgIpc) is 3.76. The number of fused-ring (bicyclic) bond motifs is 4. The van der Waals surface area contributed by atoms with Crippen molar-refractivity contribution in [2.24, 2.45) is 16.8 Å². The molecule has 2 aromatic heterocycles. The molecule has 3 saturated heterocycles. The topological polar surface area (TPSA) is 76.6 Å². The van der Waals surface area contributed by atoms with Crippen LogP contribution in [0.4, 0.5) is 0 Å². The second-order valence-corrected chi connectivity index (χ2v) is 16.3. The van der Waals surface area contributed by atoms with Crippen molar-refractivity contribution in [3.05, 3.63) is 83.5 Å². The molecule has 4 aliphatic rings. The highest BCUT2D eigenvalue weighted by Crippen LogP contribution is 2.40. The Labute approximate surface area is 300 Å². The summed E-state index contributed by atoms with van der Waals surface area (Å²) >= 11 is 0. The number of nitrogens with zero attached hydrogens (tertiary/aromatic N) is 4. The van der Waals surface area contributed by atoms with Crippen molar-refractivity contribution in [2.75, 3.05) is 26.2 Å². The largest absolute Gasteiger partial charge is 0.355 e. The minimum absolute atomic E-state index is 0.139. The summed E-state index contributed by atoms with van der Waals surface area (Å²) in [6.45, 7) is 23.2. The lowest BCUT2D eigenvalue weighted by Gasteiger charge is -2.47. The zero-order chi connectivity index (χ0) is 35.6. The molecular weight excluding hydrogens is 617 g/mol. The van der Waals surface area contributed by atoms with E-state index in [4.69, 9.17) is 4.99 Å². The number of amides is 1. The smallest absolute Gasteiger partial charge is 0.232 e. The number of carbonyl (C=O) groups excluding carboxylic acids is 1. The van der Waals surface area contributed by atoms with Crippen LogP contribution in [-0.2, 0) is 10.2 Å². The first kappa shape index (κ1) is 35.9. The Kier molecular flexibility index (Phi) is 10.9. The van der Waals surface area contributed by atoms with Gasteiger partial charge in [0.25, 0.3) is 0 Å². The highest BCUT2D eigenvalue weighted by atomic mass is 16.2. The van der Waals surface area contributed by atoms with Crippen LogP contribution in [0.2, 0.25) is 0 Å². The van der Waals surface area contributed by atoms with E-state index < -0.39 is 5.41 Å². The van der Waals surface area contributed by atoms with Gasteiger partial charge in [-0.3, -0.25) is 14.8 Å². The third kappa shape index (κ3) is 7.57. The van der Waals surface area contributed by atoms with Crippen molar-refractivity contribution in [1.29, 1.82) is 0 Å². The van der Waals surface area contributed by atoms with Gasteiger partial charge in [0.05, 0.1) is 5.41 Å². The number of guanidine groups is 1. The number of benzene rings is 1. The summed E-state index contributed by atoms with van der Waals surface area (Å²) in [4.78, 5) is 32.2. The van der Waals surface area contributed by atoms with Gasteiger partial charge in [-0.25, -0.2) is 0 Å². The molecule has 7 nitrogen and oxygen atoms in total. The number of pyridine rings is 1. The van der Waals surface area contributed by atoms with Gasteiger partial charge in [-0.05, 0) is 124 Å². The first-order valence-electron chi connectivity index (χ1n) is 19.2. The molecule has 3 aromatic rings. The lowest BCUT2D eigenvalue weighted by atomic mass is 9.76. The van der Waals surface area contributed by atoms with E-state index in [-0.39, 0.29) is 11.8 Å². The fraction of sp³-hybridized carbons (Fsp3) is 0.558. The standard InChI is InChI=1S/C43H60N6O/c1-9-10-29(4)40-39(37-24-35(13-16-38(37)47-40)43(7,8)41(50)49-26-32-11-14-36(49)15-12-32)30(5)25-45-42(46-31(6)23-28(2)3)48-22-19-34(27-48)33-17-20-44-21-18-33/h10,13,16-18,20-21,24,28,30,32,34,36,47H,6,9,11-12,14-15,19,22-23,25-27H2,1-5,7-8H3,(H,45,46)/b29-10+/t30-,32?,34?,36?/m1/s1. The fourth-order valence-electron chi connectivity index (χ4n) is 8.73. The van der Waals surface area contributed by atoms with Crippen LogP contribution >= 0.6 is 0 Å². The summed E-state index contributed by atoms with van der Waals surface area (Å²) in [6.07, 6.45) is 13.9. The number of likely N-dealkylation sites (tertiary alicyclic amines) is 1. The lowest BCUT2D eigenvalue weighted by Crippen LogP contribution is -2.55. The lowest BCUT2D eigenvalue weighted by molar-refractivity contribution is -0.144. The number of hydrogen-bond donors (Lipinski definition) is 2. The zero-order valence-corrected chi connectivity index (χ0v) is 31.7. The van der Waals surface area contributed by atoms with Gasteiger partial charge in [0.2, 0.25) is 5.91 Å². The SMILES string of the molecule is C=C(CC(C)C)NC(=NC[C@@H](C)c1c(/C(C)=C/CC)[nH]c2ccc(C(C)(C)C(=O)N3CC4CCC3CC4)cc12)N1CCC(c2ccncc2)C1. The normalized spacial score (nSPS) is 22.1. The molecule has 1 saturated carbocycles. The number of carbonyl (C=O) groups is 1. The minimum atomic E-state index is -0.606. The summed E-state index contributed by atoms with van der Waals surface area (Å²) in [5.74, 6) is 2.96. The molecule has 2 bridgehead atoms. The Bertz CT molecular complexity index is 1720. The van der Waals surface area contributed by atoms with E-state index in [0.29, 0.717) is 30.3 Å². The van der Waals surface area contributed by atoms with E-state index in [9.17, 15) is 4.79 Å². The number of H-pyrrole nitrogens is 1. The number of nitrogens with one attached hydrogen (secondary N) is 2. The molecule has 5 heterocycles. The molecule has 7 rings (SSSR count). The van der Waals surface area contributed by atoms with E-state index in [0.717, 1.165) is 74.5 Å². The molecule has 268 valence electrons. The van der Waals surface area contributed by atoms with Crippen LogP contribution in [0.1, 0.15) is 128 Å². The van der Waals surface area contributed by atoms with Crippen LogP contribution in [0, 0.1) is 11.8 Å². The Balaban J connectivity index is 1.32. The van der Waals surface area contributed by atoms with Gasteiger partial charge in [-0.15, -0.1) is 0 Å². The third-order valence-corrected chi connectivity index (χ3v) is 11.6. The van der Waals surface area contributed by atoms with E-state index in [1.165, 1.54) is 40.6 Å². The number of rotatable bonds is 11. The molecule has 1 aromatic carbocycles. The number of hydrogen-bond acceptors (Lipinski definition) is 3. The van der Waals surface area contributed by atoms with Crippen molar-refractivity contribution in [2.45, 2.75) is 117 Å². The molecule has 0 spiro atoms. The fourth-order valence-corrected chi connectivity index (χ4v) is 8.73. The van der Waals surface area contributed by atoms with Gasteiger partial charge in [-0.1, -0.05) is 46.4 Å². The van der Waals surface area contributed by atoms with Crippen LogP contribution in [0.5, 0.6) is 0 Å². The maximum absolute atomic E-state index is 14.2. The summed E-state index contributed by atoms with van der Waals surface area (Å²) in [5.41, 5.74) is 7.64. The van der Waals surface area contributed by atoms with Gasteiger partial charge in [0, 0.05) is 78.7 Å². The van der Waals surface area contributed by atoms with Crippen molar-refractivity contribution in [3.63, 3.8) is 0 Å². The van der Waals surface area contributed by atoms with E-state index >= 15 is 0 Å². The Morgan fingerprint density at radius 1 is 1.10 bits per heavy atom.